The predicted octanol–water partition coefficient (Wildman–Crippen LogP) is 4.68. The lowest BCUT2D eigenvalue weighted by atomic mass is 10.2. The van der Waals surface area contributed by atoms with Gasteiger partial charge < -0.3 is 10.1 Å². The van der Waals surface area contributed by atoms with E-state index < -0.39 is 26.4 Å². The fourth-order valence-electron chi connectivity index (χ4n) is 2.57. The number of ether oxygens (including phenoxy) is 1. The van der Waals surface area contributed by atoms with Gasteiger partial charge in [-0.2, -0.15) is 8.78 Å². The van der Waals surface area contributed by atoms with Crippen molar-refractivity contribution < 1.29 is 26.7 Å². The van der Waals surface area contributed by atoms with Crippen LogP contribution in [0.15, 0.2) is 64.9 Å². The summed E-state index contributed by atoms with van der Waals surface area (Å²) in [4.78, 5) is 15.8. The number of halogens is 2. The number of alkyl halides is 2. The summed E-state index contributed by atoms with van der Waals surface area (Å²) in [5.74, 6) is -3.60. The van der Waals surface area contributed by atoms with E-state index in [1.54, 1.807) is 35.6 Å². The number of carbonyl (C=O) groups is 1. The second-order valence-corrected chi connectivity index (χ2v) is 9.29. The quantitative estimate of drug-likeness (QED) is 0.490. The third-order valence-electron chi connectivity index (χ3n) is 4.05. The monoisotopic (exact) mass is 464 g/mol. The highest BCUT2D eigenvalue weighted by Gasteiger charge is 2.29. The molecule has 0 radical (unpaired) electrons. The van der Waals surface area contributed by atoms with E-state index in [9.17, 15) is 22.0 Å². The molecule has 1 amide bonds. The summed E-state index contributed by atoms with van der Waals surface area (Å²) in [6.45, 7) is 2.27. The Balaban J connectivity index is 1.62. The van der Waals surface area contributed by atoms with Crippen LogP contribution in [0.25, 0.3) is 6.08 Å². The SMILES string of the molecule is Cc1nc(COc2ccc(/C=C/C(=O)Nc3ccccc3S(=O)(=O)C(F)F)cc2)cs1. The van der Waals surface area contributed by atoms with Gasteiger partial charge in [-0.15, -0.1) is 11.3 Å². The van der Waals surface area contributed by atoms with Crippen molar-refractivity contribution >= 4 is 38.8 Å². The summed E-state index contributed by atoms with van der Waals surface area (Å²) >= 11 is 1.55. The van der Waals surface area contributed by atoms with Gasteiger partial charge in [0.1, 0.15) is 12.4 Å². The molecule has 0 saturated carbocycles. The first-order chi connectivity index (χ1) is 14.8. The van der Waals surface area contributed by atoms with E-state index >= 15 is 0 Å². The average molecular weight is 465 g/mol. The van der Waals surface area contributed by atoms with Crippen molar-refractivity contribution in [1.29, 1.82) is 0 Å². The highest BCUT2D eigenvalue weighted by Crippen LogP contribution is 2.26. The van der Waals surface area contributed by atoms with Crippen molar-refractivity contribution in [3.05, 3.63) is 76.3 Å². The third kappa shape index (κ3) is 5.96. The number of anilines is 1. The van der Waals surface area contributed by atoms with Crippen molar-refractivity contribution in [3.63, 3.8) is 0 Å². The number of sulfone groups is 1. The number of thiazole rings is 1. The molecule has 162 valence electrons. The molecule has 31 heavy (non-hydrogen) atoms. The van der Waals surface area contributed by atoms with Gasteiger partial charge in [0, 0.05) is 11.5 Å². The fraction of sp³-hybridized carbons (Fsp3) is 0.143. The Bertz CT molecular complexity index is 1190. The Morgan fingerprint density at radius 2 is 1.90 bits per heavy atom. The molecule has 10 heteroatoms. The lowest BCUT2D eigenvalue weighted by Gasteiger charge is -2.10. The van der Waals surface area contributed by atoms with Crippen LogP contribution in [0.4, 0.5) is 14.5 Å². The van der Waals surface area contributed by atoms with E-state index in [0.29, 0.717) is 17.9 Å². The van der Waals surface area contributed by atoms with Gasteiger partial charge in [-0.1, -0.05) is 24.3 Å². The van der Waals surface area contributed by atoms with Crippen molar-refractivity contribution in [2.75, 3.05) is 5.32 Å². The van der Waals surface area contributed by atoms with E-state index in [1.807, 2.05) is 12.3 Å². The van der Waals surface area contributed by atoms with Gasteiger partial charge in [0.05, 0.1) is 21.3 Å². The smallest absolute Gasteiger partial charge is 0.341 e. The maximum absolute atomic E-state index is 12.8. The first kappa shape index (κ1) is 22.6. The summed E-state index contributed by atoms with van der Waals surface area (Å²) < 4.78 is 54.8. The van der Waals surface area contributed by atoms with Gasteiger partial charge in [0.25, 0.3) is 0 Å². The number of rotatable bonds is 8. The molecule has 0 atom stereocenters. The number of hydrogen-bond donors (Lipinski definition) is 1. The lowest BCUT2D eigenvalue weighted by Crippen LogP contribution is -2.16. The minimum atomic E-state index is -4.84. The van der Waals surface area contributed by atoms with Crippen molar-refractivity contribution in [1.82, 2.24) is 4.98 Å². The zero-order valence-corrected chi connectivity index (χ0v) is 17.9. The first-order valence-electron chi connectivity index (χ1n) is 9.00. The van der Waals surface area contributed by atoms with Crippen molar-refractivity contribution in [2.45, 2.75) is 24.2 Å². The second-order valence-electron chi connectivity index (χ2n) is 6.34. The highest BCUT2D eigenvalue weighted by atomic mass is 32.2. The number of nitrogens with one attached hydrogen (secondary N) is 1. The minimum Gasteiger partial charge on any atom is -0.487 e. The van der Waals surface area contributed by atoms with Gasteiger partial charge in [0.2, 0.25) is 15.7 Å². The molecule has 0 spiro atoms. The molecule has 6 nitrogen and oxygen atoms in total. The molecule has 3 aromatic rings. The van der Waals surface area contributed by atoms with Crippen LogP contribution in [0.3, 0.4) is 0 Å². The van der Waals surface area contributed by atoms with E-state index in [1.165, 1.54) is 30.4 Å². The number of amides is 1. The Morgan fingerprint density at radius 1 is 1.19 bits per heavy atom. The number of aromatic nitrogens is 1. The van der Waals surface area contributed by atoms with Crippen LogP contribution in [0, 0.1) is 6.92 Å². The number of hydrogen-bond acceptors (Lipinski definition) is 6. The summed E-state index contributed by atoms with van der Waals surface area (Å²) in [5.41, 5.74) is 1.33. The van der Waals surface area contributed by atoms with Gasteiger partial charge in [0.15, 0.2) is 0 Å². The van der Waals surface area contributed by atoms with Crippen LogP contribution in [-0.2, 0) is 21.2 Å². The number of para-hydroxylation sites is 1. The number of carbonyl (C=O) groups excluding carboxylic acids is 1. The molecule has 0 aliphatic heterocycles. The topological polar surface area (TPSA) is 85.4 Å². The Kier molecular flexibility index (Phi) is 7.13. The van der Waals surface area contributed by atoms with Gasteiger partial charge in [-0.3, -0.25) is 4.79 Å². The molecular formula is C21H18F2N2O4S2. The second kappa shape index (κ2) is 9.80. The maximum Gasteiger partial charge on any atom is 0.341 e. The zero-order valence-electron chi connectivity index (χ0n) is 16.3. The standard InChI is InChI=1S/C21H18F2N2O4S2/c1-14-24-16(13-30-14)12-29-17-9-6-15(7-10-17)8-11-20(26)25-18-4-2-3-5-19(18)31(27,28)21(22)23/h2-11,13,21H,12H2,1H3,(H,25,26)/b11-8+. The van der Waals surface area contributed by atoms with Gasteiger partial charge in [-0.05, 0) is 42.8 Å². The first-order valence-corrected chi connectivity index (χ1v) is 11.4. The fourth-order valence-corrected chi connectivity index (χ4v) is 4.05. The van der Waals surface area contributed by atoms with Crippen molar-refractivity contribution in [3.8, 4) is 5.75 Å². The molecule has 1 aromatic heterocycles. The molecule has 3 rings (SSSR count). The predicted molar refractivity (Wildman–Crippen MR) is 115 cm³/mol. The molecule has 0 saturated heterocycles. The van der Waals surface area contributed by atoms with E-state index in [-0.39, 0.29) is 5.69 Å². The molecule has 2 aromatic carbocycles. The van der Waals surface area contributed by atoms with Crippen LogP contribution >= 0.6 is 11.3 Å². The summed E-state index contributed by atoms with van der Waals surface area (Å²) in [6, 6.07) is 12.0. The number of nitrogens with zero attached hydrogens (tertiary/aromatic N) is 1. The van der Waals surface area contributed by atoms with Crippen LogP contribution in [0.2, 0.25) is 0 Å². The molecule has 0 unspecified atom stereocenters. The minimum absolute atomic E-state index is 0.210. The average Bonchev–Trinajstić information content (AvgIpc) is 3.17. The molecular weight excluding hydrogens is 446 g/mol. The van der Waals surface area contributed by atoms with Gasteiger partial charge >= 0.3 is 5.76 Å². The van der Waals surface area contributed by atoms with Crippen molar-refractivity contribution in [2.24, 2.45) is 0 Å². The van der Waals surface area contributed by atoms with Crippen LogP contribution in [-0.4, -0.2) is 25.1 Å². The summed E-state index contributed by atoms with van der Waals surface area (Å²) in [6.07, 6.45) is 2.69. The molecule has 0 bridgehead atoms. The highest BCUT2D eigenvalue weighted by molar-refractivity contribution is 7.91. The van der Waals surface area contributed by atoms with E-state index in [0.717, 1.165) is 16.8 Å². The third-order valence-corrected chi connectivity index (χ3v) is 6.31. The molecule has 0 fully saturated rings. The number of aryl methyl sites for hydroxylation is 1. The van der Waals surface area contributed by atoms with E-state index in [4.69, 9.17) is 4.74 Å². The maximum atomic E-state index is 12.8. The van der Waals surface area contributed by atoms with Crippen LogP contribution in [0.1, 0.15) is 16.3 Å². The zero-order chi connectivity index (χ0) is 22.4. The lowest BCUT2D eigenvalue weighted by molar-refractivity contribution is -0.111. The Hall–Kier alpha value is -3.11. The molecule has 0 aliphatic carbocycles. The summed E-state index contributed by atoms with van der Waals surface area (Å²) in [5, 5.41) is 5.22. The number of benzene rings is 2. The molecule has 0 aliphatic rings. The van der Waals surface area contributed by atoms with Crippen LogP contribution in [0.5, 0.6) is 5.75 Å². The van der Waals surface area contributed by atoms with E-state index in [2.05, 4.69) is 10.3 Å². The Morgan fingerprint density at radius 3 is 2.55 bits per heavy atom. The molecule has 1 N–H and O–H groups in total. The molecule has 1 heterocycles. The Labute approximate surface area is 182 Å². The normalized spacial score (nSPS) is 11.7. The van der Waals surface area contributed by atoms with Gasteiger partial charge in [-0.25, -0.2) is 13.4 Å². The summed E-state index contributed by atoms with van der Waals surface area (Å²) in [7, 11) is -4.84. The largest absolute Gasteiger partial charge is 0.487 e. The van der Waals surface area contributed by atoms with Crippen LogP contribution < -0.4 is 10.1 Å².